The molecule has 0 saturated carbocycles. The fraction of sp³-hybridized carbons (Fsp3) is 0.133. The highest BCUT2D eigenvalue weighted by molar-refractivity contribution is 7.92. The minimum Gasteiger partial charge on any atom is -0.326 e. The Kier molecular flexibility index (Phi) is 4.91. The zero-order valence-electron chi connectivity index (χ0n) is 12.4. The van der Waals surface area contributed by atoms with E-state index in [0.29, 0.717) is 5.56 Å². The van der Waals surface area contributed by atoms with Crippen molar-refractivity contribution in [1.82, 2.24) is 0 Å². The summed E-state index contributed by atoms with van der Waals surface area (Å²) in [5.41, 5.74) is 0.482. The van der Waals surface area contributed by atoms with Crippen LogP contribution >= 0.6 is 11.6 Å². The lowest BCUT2D eigenvalue weighted by Crippen LogP contribution is -2.16. The van der Waals surface area contributed by atoms with Crippen molar-refractivity contribution in [3.8, 4) is 0 Å². The Morgan fingerprint density at radius 1 is 1.17 bits per heavy atom. The molecule has 0 aliphatic heterocycles. The van der Waals surface area contributed by atoms with Gasteiger partial charge in [-0.15, -0.1) is 0 Å². The second-order valence-corrected chi connectivity index (χ2v) is 6.98. The van der Waals surface area contributed by atoms with Gasteiger partial charge in [0.1, 0.15) is 5.82 Å². The first-order valence-electron chi connectivity index (χ1n) is 6.55. The second kappa shape index (κ2) is 6.55. The third-order valence-corrected chi connectivity index (χ3v) is 4.71. The van der Waals surface area contributed by atoms with Gasteiger partial charge in [0, 0.05) is 17.6 Å². The fourth-order valence-electron chi connectivity index (χ4n) is 1.95. The summed E-state index contributed by atoms with van der Waals surface area (Å²) >= 11 is 5.83. The molecule has 122 valence electrons. The number of halogens is 2. The monoisotopic (exact) mass is 356 g/mol. The lowest BCUT2D eigenvalue weighted by Gasteiger charge is -2.12. The number of carbonyl (C=O) groups excluding carboxylic acids is 1. The summed E-state index contributed by atoms with van der Waals surface area (Å²) in [4.78, 5) is 11.0. The number of hydrogen-bond acceptors (Lipinski definition) is 3. The molecular formula is C15H14ClFN2O3S. The summed E-state index contributed by atoms with van der Waals surface area (Å²) in [6.45, 7) is 2.90. The molecule has 2 N–H and O–H groups in total. The minimum atomic E-state index is -4.02. The van der Waals surface area contributed by atoms with Gasteiger partial charge in [0.25, 0.3) is 10.0 Å². The number of sulfonamides is 1. The molecule has 0 saturated heterocycles. The zero-order valence-corrected chi connectivity index (χ0v) is 13.9. The van der Waals surface area contributed by atoms with Gasteiger partial charge in [-0.1, -0.05) is 17.7 Å². The quantitative estimate of drug-likeness (QED) is 0.879. The highest BCUT2D eigenvalue weighted by Gasteiger charge is 2.19. The van der Waals surface area contributed by atoms with Gasteiger partial charge < -0.3 is 5.32 Å². The van der Waals surface area contributed by atoms with Crippen LogP contribution in [-0.4, -0.2) is 14.3 Å². The van der Waals surface area contributed by atoms with Crippen molar-refractivity contribution in [3.05, 3.63) is 52.8 Å². The lowest BCUT2D eigenvalue weighted by molar-refractivity contribution is -0.114. The number of aryl methyl sites for hydroxylation is 1. The molecule has 2 rings (SSSR count). The Morgan fingerprint density at radius 2 is 1.87 bits per heavy atom. The Bertz CT molecular complexity index is 869. The number of carbonyl (C=O) groups is 1. The maximum Gasteiger partial charge on any atom is 0.262 e. The van der Waals surface area contributed by atoms with Crippen LogP contribution in [0.3, 0.4) is 0 Å². The molecule has 0 aromatic heterocycles. The third-order valence-electron chi connectivity index (χ3n) is 2.97. The first kappa shape index (κ1) is 17.2. The van der Waals surface area contributed by atoms with E-state index in [4.69, 9.17) is 11.6 Å². The molecule has 0 fully saturated rings. The summed E-state index contributed by atoms with van der Waals surface area (Å²) in [6.07, 6.45) is 0. The van der Waals surface area contributed by atoms with Crippen LogP contribution in [0.1, 0.15) is 12.5 Å². The van der Waals surface area contributed by atoms with Gasteiger partial charge in [-0.3, -0.25) is 9.52 Å². The standard InChI is InChI=1S/C15H14ClFN2O3S/c1-9-3-4-11(16)7-15(9)23(21,22)19-14-8-12(18-10(2)20)5-6-13(14)17/h3-8,19H,1-2H3,(H,18,20). The Balaban J connectivity index is 2.40. The molecule has 0 aliphatic rings. The molecule has 0 spiro atoms. The summed E-state index contributed by atoms with van der Waals surface area (Å²) in [5, 5.41) is 2.71. The van der Waals surface area contributed by atoms with Gasteiger partial charge >= 0.3 is 0 Å². The second-order valence-electron chi connectivity index (χ2n) is 4.89. The van der Waals surface area contributed by atoms with Gasteiger partial charge in [0.15, 0.2) is 0 Å². The molecule has 0 atom stereocenters. The van der Waals surface area contributed by atoms with Crippen molar-refractivity contribution >= 4 is 38.9 Å². The van der Waals surface area contributed by atoms with Crippen LogP contribution in [0.2, 0.25) is 5.02 Å². The number of hydrogen-bond donors (Lipinski definition) is 2. The maximum absolute atomic E-state index is 13.9. The van der Waals surface area contributed by atoms with E-state index in [-0.39, 0.29) is 27.2 Å². The largest absolute Gasteiger partial charge is 0.326 e. The number of benzene rings is 2. The summed E-state index contributed by atoms with van der Waals surface area (Å²) in [5.74, 6) is -1.11. The van der Waals surface area contributed by atoms with Gasteiger partial charge in [-0.25, -0.2) is 12.8 Å². The van der Waals surface area contributed by atoms with Gasteiger partial charge in [0.05, 0.1) is 10.6 Å². The Morgan fingerprint density at radius 3 is 2.52 bits per heavy atom. The molecule has 0 radical (unpaired) electrons. The van der Waals surface area contributed by atoms with Crippen molar-refractivity contribution in [2.75, 3.05) is 10.0 Å². The van der Waals surface area contributed by atoms with E-state index < -0.39 is 15.8 Å². The summed E-state index contributed by atoms with van der Waals surface area (Å²) in [7, 11) is -4.02. The minimum absolute atomic E-state index is 0.0469. The molecule has 0 aliphatic carbocycles. The first-order valence-corrected chi connectivity index (χ1v) is 8.41. The summed E-state index contributed by atoms with van der Waals surface area (Å²) < 4.78 is 40.9. The fourth-order valence-corrected chi connectivity index (χ4v) is 3.51. The predicted octanol–water partition coefficient (Wildman–Crippen LogP) is 3.55. The lowest BCUT2D eigenvalue weighted by atomic mass is 10.2. The van der Waals surface area contributed by atoms with Crippen LogP contribution in [0.25, 0.3) is 0 Å². The van der Waals surface area contributed by atoms with E-state index in [0.717, 1.165) is 6.07 Å². The van der Waals surface area contributed by atoms with E-state index in [1.54, 1.807) is 19.1 Å². The zero-order chi connectivity index (χ0) is 17.2. The third kappa shape index (κ3) is 4.20. The van der Waals surface area contributed by atoms with Crippen LogP contribution in [-0.2, 0) is 14.8 Å². The molecule has 0 bridgehead atoms. The van der Waals surface area contributed by atoms with E-state index in [9.17, 15) is 17.6 Å². The highest BCUT2D eigenvalue weighted by atomic mass is 35.5. The van der Waals surface area contributed by atoms with E-state index in [1.807, 2.05) is 0 Å². The topological polar surface area (TPSA) is 75.3 Å². The summed E-state index contributed by atoms with van der Waals surface area (Å²) in [6, 6.07) is 8.00. The Labute approximate surface area is 138 Å². The molecule has 2 aromatic carbocycles. The Hall–Kier alpha value is -2.12. The average molecular weight is 357 g/mol. The molecule has 23 heavy (non-hydrogen) atoms. The smallest absolute Gasteiger partial charge is 0.262 e. The van der Waals surface area contributed by atoms with E-state index in [2.05, 4.69) is 10.0 Å². The molecule has 1 amide bonds. The predicted molar refractivity (Wildman–Crippen MR) is 87.7 cm³/mol. The first-order chi connectivity index (χ1) is 10.7. The average Bonchev–Trinajstić information content (AvgIpc) is 2.44. The normalized spacial score (nSPS) is 11.1. The van der Waals surface area contributed by atoms with E-state index >= 15 is 0 Å². The van der Waals surface area contributed by atoms with Crippen LogP contribution in [0.4, 0.5) is 15.8 Å². The van der Waals surface area contributed by atoms with Crippen LogP contribution in [0.15, 0.2) is 41.3 Å². The molecule has 0 unspecified atom stereocenters. The number of nitrogens with one attached hydrogen (secondary N) is 2. The number of amides is 1. The van der Waals surface area contributed by atoms with Crippen LogP contribution in [0.5, 0.6) is 0 Å². The van der Waals surface area contributed by atoms with Crippen LogP contribution in [0, 0.1) is 12.7 Å². The molecule has 5 nitrogen and oxygen atoms in total. The van der Waals surface area contributed by atoms with Crippen molar-refractivity contribution in [1.29, 1.82) is 0 Å². The number of rotatable bonds is 4. The van der Waals surface area contributed by atoms with Gasteiger partial charge in [-0.05, 0) is 42.8 Å². The van der Waals surface area contributed by atoms with Gasteiger partial charge in [-0.2, -0.15) is 0 Å². The number of anilines is 2. The SMILES string of the molecule is CC(=O)Nc1ccc(F)c(NS(=O)(=O)c2cc(Cl)ccc2C)c1. The maximum atomic E-state index is 13.9. The molecule has 0 heterocycles. The van der Waals surface area contributed by atoms with E-state index in [1.165, 1.54) is 25.1 Å². The van der Waals surface area contributed by atoms with Gasteiger partial charge in [0.2, 0.25) is 5.91 Å². The van der Waals surface area contributed by atoms with Crippen molar-refractivity contribution < 1.29 is 17.6 Å². The van der Waals surface area contributed by atoms with Crippen LogP contribution < -0.4 is 10.0 Å². The molecular weight excluding hydrogens is 343 g/mol. The highest BCUT2D eigenvalue weighted by Crippen LogP contribution is 2.26. The van der Waals surface area contributed by atoms with Crippen molar-refractivity contribution in [3.63, 3.8) is 0 Å². The van der Waals surface area contributed by atoms with Crippen molar-refractivity contribution in [2.24, 2.45) is 0 Å². The van der Waals surface area contributed by atoms with Crippen molar-refractivity contribution in [2.45, 2.75) is 18.7 Å². The molecule has 2 aromatic rings. The molecule has 8 heteroatoms.